The topological polar surface area (TPSA) is 85.8 Å². The molecule has 0 aliphatic heterocycles. The van der Waals surface area contributed by atoms with Crippen molar-refractivity contribution in [3.63, 3.8) is 0 Å². The molecule has 23 heavy (non-hydrogen) atoms. The Hall–Kier alpha value is -1.73. The molecule has 0 radical (unpaired) electrons. The summed E-state index contributed by atoms with van der Waals surface area (Å²) in [5.41, 5.74) is 7.11. The lowest BCUT2D eigenvalue weighted by atomic mass is 10.00. The van der Waals surface area contributed by atoms with Crippen LogP contribution in [-0.4, -0.2) is 26.7 Å². The monoisotopic (exact) mass is 377 g/mol. The van der Waals surface area contributed by atoms with Crippen LogP contribution in [-0.2, 0) is 11.3 Å². The van der Waals surface area contributed by atoms with E-state index in [0.29, 0.717) is 18.9 Å². The summed E-state index contributed by atoms with van der Waals surface area (Å²) in [7, 11) is 0. The molecule has 1 aliphatic rings. The first-order valence-electron chi connectivity index (χ1n) is 7.79. The molecule has 0 spiro atoms. The number of rotatable bonds is 5. The summed E-state index contributed by atoms with van der Waals surface area (Å²) >= 11 is 3.45. The molecule has 6 nitrogen and oxygen atoms in total. The Labute approximate surface area is 143 Å². The van der Waals surface area contributed by atoms with Gasteiger partial charge >= 0.3 is 0 Å². The Morgan fingerprint density at radius 1 is 1.43 bits per heavy atom. The van der Waals surface area contributed by atoms with E-state index in [-0.39, 0.29) is 17.9 Å². The number of carbonyl (C=O) groups excluding carboxylic acids is 1. The molecule has 0 unspecified atom stereocenters. The summed E-state index contributed by atoms with van der Waals surface area (Å²) in [4.78, 5) is 16.2. The average molecular weight is 378 g/mol. The number of anilines is 1. The smallest absolute Gasteiger partial charge is 0.248 e. The number of hydrogen-bond donors (Lipinski definition) is 2. The number of nitrogens with one attached hydrogen (secondary N) is 1. The van der Waals surface area contributed by atoms with Crippen molar-refractivity contribution in [2.45, 2.75) is 38.3 Å². The Morgan fingerprint density at radius 3 is 3.04 bits per heavy atom. The van der Waals surface area contributed by atoms with E-state index in [1.54, 1.807) is 11.0 Å². The standard InChI is InChI=1S/C16H20BrN5O/c17-13-5-1-3-11(7-13)9-22-10-19-16(21-22)20-15(23)8-12-4-2-6-14(12)18/h1,3,5,7,10,12,14H,2,4,6,8-9,18H2,(H,20,21,23)/t12-,14+/m0/s1. The minimum absolute atomic E-state index is 0.0624. The Bertz CT molecular complexity index is 687. The van der Waals surface area contributed by atoms with E-state index in [0.717, 1.165) is 29.3 Å². The van der Waals surface area contributed by atoms with Crippen molar-refractivity contribution in [3.8, 4) is 0 Å². The van der Waals surface area contributed by atoms with Gasteiger partial charge < -0.3 is 5.73 Å². The molecule has 3 N–H and O–H groups in total. The Kier molecular flexibility index (Phi) is 5.07. The van der Waals surface area contributed by atoms with Crippen LogP contribution in [0.4, 0.5) is 5.95 Å². The van der Waals surface area contributed by atoms with E-state index in [1.165, 1.54) is 0 Å². The zero-order chi connectivity index (χ0) is 16.2. The summed E-state index contributed by atoms with van der Waals surface area (Å²) in [5.74, 6) is 0.558. The third-order valence-electron chi connectivity index (χ3n) is 4.19. The van der Waals surface area contributed by atoms with Gasteiger partial charge in [0, 0.05) is 16.9 Å². The third-order valence-corrected chi connectivity index (χ3v) is 4.68. The van der Waals surface area contributed by atoms with Crippen LogP contribution >= 0.6 is 15.9 Å². The molecule has 1 saturated carbocycles. The molecule has 7 heteroatoms. The highest BCUT2D eigenvalue weighted by atomic mass is 79.9. The van der Waals surface area contributed by atoms with E-state index in [9.17, 15) is 4.79 Å². The first kappa shape index (κ1) is 16.1. The second-order valence-corrected chi connectivity index (χ2v) is 6.92. The lowest BCUT2D eigenvalue weighted by Gasteiger charge is -2.13. The SMILES string of the molecule is N[C@@H]1CCC[C@H]1CC(=O)Nc1ncn(Cc2cccc(Br)c2)n1. The zero-order valence-corrected chi connectivity index (χ0v) is 14.4. The normalized spacial score (nSPS) is 20.6. The van der Waals surface area contributed by atoms with Crippen molar-refractivity contribution in [1.82, 2.24) is 14.8 Å². The van der Waals surface area contributed by atoms with E-state index in [1.807, 2.05) is 24.3 Å². The second kappa shape index (κ2) is 7.23. The first-order valence-corrected chi connectivity index (χ1v) is 8.59. The maximum absolute atomic E-state index is 12.1. The molecule has 0 saturated heterocycles. The predicted molar refractivity (Wildman–Crippen MR) is 91.8 cm³/mol. The molecular weight excluding hydrogens is 358 g/mol. The molecular formula is C16H20BrN5O. The van der Waals surface area contributed by atoms with Crippen LogP contribution in [0.25, 0.3) is 0 Å². The lowest BCUT2D eigenvalue weighted by molar-refractivity contribution is -0.117. The van der Waals surface area contributed by atoms with Crippen molar-refractivity contribution in [2.75, 3.05) is 5.32 Å². The van der Waals surface area contributed by atoms with Crippen molar-refractivity contribution < 1.29 is 4.79 Å². The molecule has 1 aromatic carbocycles. The highest BCUT2D eigenvalue weighted by Gasteiger charge is 2.26. The van der Waals surface area contributed by atoms with Gasteiger partial charge in [0.25, 0.3) is 0 Å². The van der Waals surface area contributed by atoms with Gasteiger partial charge in [-0.05, 0) is 36.5 Å². The van der Waals surface area contributed by atoms with Gasteiger partial charge in [0.1, 0.15) is 6.33 Å². The van der Waals surface area contributed by atoms with Crippen molar-refractivity contribution in [2.24, 2.45) is 11.7 Å². The van der Waals surface area contributed by atoms with Gasteiger partial charge in [-0.25, -0.2) is 9.67 Å². The molecule has 3 rings (SSSR count). The van der Waals surface area contributed by atoms with Crippen LogP contribution in [0.2, 0.25) is 0 Å². The van der Waals surface area contributed by atoms with Gasteiger partial charge in [0.15, 0.2) is 0 Å². The number of aromatic nitrogens is 3. The fraction of sp³-hybridized carbons (Fsp3) is 0.438. The van der Waals surface area contributed by atoms with Gasteiger partial charge in [-0.1, -0.05) is 34.5 Å². The van der Waals surface area contributed by atoms with Crippen LogP contribution in [0.1, 0.15) is 31.2 Å². The number of nitrogens with zero attached hydrogens (tertiary/aromatic N) is 3. The van der Waals surface area contributed by atoms with Gasteiger partial charge in [0.2, 0.25) is 11.9 Å². The summed E-state index contributed by atoms with van der Waals surface area (Å²) in [6, 6.07) is 8.14. The molecule has 2 atom stereocenters. The Balaban J connectivity index is 1.55. The quantitative estimate of drug-likeness (QED) is 0.837. The van der Waals surface area contributed by atoms with E-state index in [2.05, 4.69) is 31.3 Å². The summed E-state index contributed by atoms with van der Waals surface area (Å²) in [6.45, 7) is 0.607. The molecule has 1 amide bonds. The molecule has 1 aromatic heterocycles. The van der Waals surface area contributed by atoms with Crippen LogP contribution in [0.15, 0.2) is 35.1 Å². The van der Waals surface area contributed by atoms with Crippen LogP contribution in [0.3, 0.4) is 0 Å². The average Bonchev–Trinajstić information content (AvgIpc) is 3.09. The largest absolute Gasteiger partial charge is 0.327 e. The van der Waals surface area contributed by atoms with Gasteiger partial charge in [-0.3, -0.25) is 10.1 Å². The predicted octanol–water partition coefficient (Wildman–Crippen LogP) is 2.54. The number of nitrogens with two attached hydrogens (primary N) is 1. The summed E-state index contributed by atoms with van der Waals surface area (Å²) < 4.78 is 2.73. The maximum Gasteiger partial charge on any atom is 0.248 e. The van der Waals surface area contributed by atoms with Gasteiger partial charge in [0.05, 0.1) is 6.54 Å². The molecule has 2 aromatic rings. The highest BCUT2D eigenvalue weighted by molar-refractivity contribution is 9.10. The molecule has 122 valence electrons. The number of benzene rings is 1. The Morgan fingerprint density at radius 2 is 2.30 bits per heavy atom. The molecule has 1 heterocycles. The molecule has 0 bridgehead atoms. The highest BCUT2D eigenvalue weighted by Crippen LogP contribution is 2.26. The maximum atomic E-state index is 12.1. The molecule has 1 fully saturated rings. The fourth-order valence-electron chi connectivity index (χ4n) is 2.98. The van der Waals surface area contributed by atoms with Crippen LogP contribution < -0.4 is 11.1 Å². The number of halogens is 1. The number of amides is 1. The van der Waals surface area contributed by atoms with E-state index >= 15 is 0 Å². The third kappa shape index (κ3) is 4.39. The van der Waals surface area contributed by atoms with E-state index < -0.39 is 0 Å². The fourth-order valence-corrected chi connectivity index (χ4v) is 3.43. The van der Waals surface area contributed by atoms with Crippen molar-refractivity contribution in [3.05, 3.63) is 40.6 Å². The zero-order valence-electron chi connectivity index (χ0n) is 12.8. The number of hydrogen-bond acceptors (Lipinski definition) is 4. The summed E-state index contributed by atoms with van der Waals surface area (Å²) in [5, 5.41) is 7.06. The second-order valence-electron chi connectivity index (χ2n) is 6.00. The van der Waals surface area contributed by atoms with Crippen molar-refractivity contribution >= 4 is 27.8 Å². The lowest BCUT2D eigenvalue weighted by Crippen LogP contribution is -2.28. The minimum atomic E-state index is -0.0624. The number of carbonyl (C=O) groups is 1. The van der Waals surface area contributed by atoms with Gasteiger partial charge in [-0.15, -0.1) is 5.10 Å². The van der Waals surface area contributed by atoms with Gasteiger partial charge in [-0.2, -0.15) is 0 Å². The molecule has 1 aliphatic carbocycles. The van der Waals surface area contributed by atoms with Crippen LogP contribution in [0.5, 0.6) is 0 Å². The summed E-state index contributed by atoms with van der Waals surface area (Å²) in [6.07, 6.45) is 5.22. The van der Waals surface area contributed by atoms with E-state index in [4.69, 9.17) is 5.73 Å². The van der Waals surface area contributed by atoms with Crippen LogP contribution in [0, 0.1) is 5.92 Å². The minimum Gasteiger partial charge on any atom is -0.327 e. The first-order chi connectivity index (χ1) is 11.1. The van der Waals surface area contributed by atoms with Crippen molar-refractivity contribution in [1.29, 1.82) is 0 Å².